The van der Waals surface area contributed by atoms with E-state index < -0.39 is 6.10 Å². The van der Waals surface area contributed by atoms with Gasteiger partial charge < -0.3 is 15.5 Å². The van der Waals surface area contributed by atoms with Gasteiger partial charge in [-0.05, 0) is 24.3 Å². The smallest absolute Gasteiger partial charge is 0.252 e. The van der Waals surface area contributed by atoms with Crippen molar-refractivity contribution in [3.8, 4) is 0 Å². The van der Waals surface area contributed by atoms with Crippen molar-refractivity contribution in [3.05, 3.63) is 22.4 Å². The molecule has 0 bridgehead atoms. The summed E-state index contributed by atoms with van der Waals surface area (Å²) < 4.78 is 0. The Morgan fingerprint density at radius 2 is 2.38 bits per heavy atom. The van der Waals surface area contributed by atoms with Crippen LogP contribution in [0, 0.1) is 5.92 Å². The predicted octanol–water partition coefficient (Wildman–Crippen LogP) is 0.610. The lowest BCUT2D eigenvalue weighted by Crippen LogP contribution is -2.33. The number of carbonyl (C=O) groups excluding carboxylic acids is 1. The molecule has 4 nitrogen and oxygen atoms in total. The molecule has 88 valence electrons. The first-order valence-corrected chi connectivity index (χ1v) is 6.27. The number of thiophene rings is 1. The van der Waals surface area contributed by atoms with Crippen LogP contribution in [0.5, 0.6) is 0 Å². The van der Waals surface area contributed by atoms with Crippen LogP contribution in [0.25, 0.3) is 0 Å². The van der Waals surface area contributed by atoms with Crippen molar-refractivity contribution in [1.29, 1.82) is 0 Å². The predicted molar refractivity (Wildman–Crippen MR) is 61.4 cm³/mol. The maximum Gasteiger partial charge on any atom is 0.252 e. The Kier molecular flexibility index (Phi) is 3.58. The number of aliphatic hydroxyl groups excluding tert-OH is 2. The van der Waals surface area contributed by atoms with Crippen molar-refractivity contribution in [2.75, 3.05) is 6.61 Å². The maximum atomic E-state index is 11.7. The summed E-state index contributed by atoms with van der Waals surface area (Å²) in [5, 5.41) is 25.1. The summed E-state index contributed by atoms with van der Waals surface area (Å²) in [5.41, 5.74) is 0.659. The molecular weight excluding hydrogens is 226 g/mol. The highest BCUT2D eigenvalue weighted by molar-refractivity contribution is 7.08. The van der Waals surface area contributed by atoms with Crippen LogP contribution >= 0.6 is 11.3 Å². The Balaban J connectivity index is 1.90. The molecule has 1 amide bonds. The van der Waals surface area contributed by atoms with E-state index in [1.54, 1.807) is 11.4 Å². The Bertz CT molecular complexity index is 352. The number of amides is 1. The highest BCUT2D eigenvalue weighted by Crippen LogP contribution is 2.25. The van der Waals surface area contributed by atoms with E-state index in [0.717, 1.165) is 0 Å². The van der Waals surface area contributed by atoms with E-state index in [1.807, 2.05) is 5.38 Å². The number of nitrogens with one attached hydrogen (secondary N) is 1. The van der Waals surface area contributed by atoms with Crippen molar-refractivity contribution in [3.63, 3.8) is 0 Å². The van der Waals surface area contributed by atoms with Crippen molar-refractivity contribution in [2.24, 2.45) is 5.92 Å². The maximum absolute atomic E-state index is 11.7. The lowest BCUT2D eigenvalue weighted by Gasteiger charge is -2.11. The molecule has 0 aliphatic heterocycles. The zero-order valence-corrected chi connectivity index (χ0v) is 9.61. The summed E-state index contributed by atoms with van der Waals surface area (Å²) in [7, 11) is 0. The number of carbonyl (C=O) groups is 1. The average molecular weight is 241 g/mol. The molecule has 3 atom stereocenters. The monoisotopic (exact) mass is 241 g/mol. The van der Waals surface area contributed by atoms with E-state index in [-0.39, 0.29) is 24.5 Å². The van der Waals surface area contributed by atoms with E-state index >= 15 is 0 Å². The van der Waals surface area contributed by atoms with Gasteiger partial charge in [-0.2, -0.15) is 11.3 Å². The lowest BCUT2D eigenvalue weighted by atomic mass is 10.1. The summed E-state index contributed by atoms with van der Waals surface area (Å²) in [5.74, 6) is -0.204. The molecular formula is C11H15NO3S. The van der Waals surface area contributed by atoms with Crippen LogP contribution in [-0.2, 0) is 0 Å². The highest BCUT2D eigenvalue weighted by Gasteiger charge is 2.33. The number of rotatable bonds is 3. The minimum absolute atomic E-state index is 0.0218. The molecule has 0 radical (unpaired) electrons. The fourth-order valence-electron chi connectivity index (χ4n) is 2.08. The van der Waals surface area contributed by atoms with Gasteiger partial charge in [0.1, 0.15) is 0 Å². The molecule has 1 fully saturated rings. The molecule has 16 heavy (non-hydrogen) atoms. The zero-order chi connectivity index (χ0) is 11.5. The van der Waals surface area contributed by atoms with Crippen LogP contribution in [0.2, 0.25) is 0 Å². The Hall–Kier alpha value is -0.910. The van der Waals surface area contributed by atoms with Crippen molar-refractivity contribution in [1.82, 2.24) is 5.32 Å². The van der Waals surface area contributed by atoms with E-state index in [0.29, 0.717) is 18.4 Å². The van der Waals surface area contributed by atoms with Gasteiger partial charge in [-0.3, -0.25) is 4.79 Å². The molecule has 1 aliphatic rings. The molecule has 0 spiro atoms. The molecule has 1 saturated carbocycles. The molecule has 5 heteroatoms. The van der Waals surface area contributed by atoms with Crippen LogP contribution in [0.15, 0.2) is 16.8 Å². The van der Waals surface area contributed by atoms with Gasteiger partial charge in [0, 0.05) is 29.5 Å². The second kappa shape index (κ2) is 4.95. The van der Waals surface area contributed by atoms with Gasteiger partial charge in [0.25, 0.3) is 5.91 Å². The second-order valence-corrected chi connectivity index (χ2v) is 4.94. The van der Waals surface area contributed by atoms with Gasteiger partial charge in [-0.1, -0.05) is 0 Å². The fraction of sp³-hybridized carbons (Fsp3) is 0.545. The first-order chi connectivity index (χ1) is 7.70. The summed E-state index contributed by atoms with van der Waals surface area (Å²) in [6, 6.07) is 1.74. The lowest BCUT2D eigenvalue weighted by molar-refractivity contribution is 0.0903. The van der Waals surface area contributed by atoms with Crippen molar-refractivity contribution in [2.45, 2.75) is 25.0 Å². The van der Waals surface area contributed by atoms with Gasteiger partial charge >= 0.3 is 0 Å². The SMILES string of the molecule is O=C(N[C@H]1C[C@H](CO)[C@@H](O)C1)c1ccsc1. The summed E-state index contributed by atoms with van der Waals surface area (Å²) in [6.45, 7) is -0.0218. The molecule has 1 aromatic heterocycles. The van der Waals surface area contributed by atoms with Crippen LogP contribution in [-0.4, -0.2) is 34.9 Å². The van der Waals surface area contributed by atoms with Crippen LogP contribution in [0.1, 0.15) is 23.2 Å². The standard InChI is InChI=1S/C11H15NO3S/c13-5-8-3-9(4-10(8)14)12-11(15)7-1-2-16-6-7/h1-2,6,8-10,13-14H,3-5H2,(H,12,15)/t8-,9+,10+/m1/s1. The molecule has 2 rings (SSSR count). The third kappa shape index (κ3) is 2.42. The minimum Gasteiger partial charge on any atom is -0.396 e. The Morgan fingerprint density at radius 3 is 2.94 bits per heavy atom. The average Bonchev–Trinajstić information content (AvgIpc) is 2.87. The highest BCUT2D eigenvalue weighted by atomic mass is 32.1. The van der Waals surface area contributed by atoms with E-state index in [4.69, 9.17) is 5.11 Å². The van der Waals surface area contributed by atoms with Crippen molar-refractivity contribution < 1.29 is 15.0 Å². The van der Waals surface area contributed by atoms with E-state index in [2.05, 4.69) is 5.32 Å². The van der Waals surface area contributed by atoms with E-state index in [1.165, 1.54) is 11.3 Å². The molecule has 1 aromatic rings. The topological polar surface area (TPSA) is 69.6 Å². The van der Waals surface area contributed by atoms with Gasteiger partial charge in [0.05, 0.1) is 6.10 Å². The van der Waals surface area contributed by atoms with Crippen LogP contribution in [0.4, 0.5) is 0 Å². The molecule has 3 N–H and O–H groups in total. The third-order valence-corrected chi connectivity index (χ3v) is 3.69. The van der Waals surface area contributed by atoms with Gasteiger partial charge in [-0.25, -0.2) is 0 Å². The Morgan fingerprint density at radius 1 is 1.56 bits per heavy atom. The normalized spacial score (nSPS) is 29.2. The van der Waals surface area contributed by atoms with Crippen molar-refractivity contribution >= 4 is 17.2 Å². The van der Waals surface area contributed by atoms with Crippen LogP contribution in [0.3, 0.4) is 0 Å². The number of hydrogen-bond donors (Lipinski definition) is 3. The Labute approximate surface area is 97.9 Å². The number of aliphatic hydroxyl groups is 2. The fourth-order valence-corrected chi connectivity index (χ4v) is 2.72. The minimum atomic E-state index is -0.502. The summed E-state index contributed by atoms with van der Waals surface area (Å²) in [4.78, 5) is 11.7. The molecule has 0 unspecified atom stereocenters. The first kappa shape index (κ1) is 11.6. The first-order valence-electron chi connectivity index (χ1n) is 5.32. The molecule has 1 heterocycles. The van der Waals surface area contributed by atoms with E-state index in [9.17, 15) is 9.90 Å². The third-order valence-electron chi connectivity index (χ3n) is 3.01. The van der Waals surface area contributed by atoms with Gasteiger partial charge in [0.2, 0.25) is 0 Å². The van der Waals surface area contributed by atoms with Gasteiger partial charge in [0.15, 0.2) is 0 Å². The van der Waals surface area contributed by atoms with Gasteiger partial charge in [-0.15, -0.1) is 0 Å². The molecule has 0 saturated heterocycles. The zero-order valence-electron chi connectivity index (χ0n) is 8.80. The second-order valence-electron chi connectivity index (χ2n) is 4.16. The summed E-state index contributed by atoms with van der Waals surface area (Å²) >= 11 is 1.48. The quantitative estimate of drug-likeness (QED) is 0.726. The molecule has 1 aliphatic carbocycles. The van der Waals surface area contributed by atoms with Crippen LogP contribution < -0.4 is 5.32 Å². The largest absolute Gasteiger partial charge is 0.396 e. The molecule has 0 aromatic carbocycles. The number of hydrogen-bond acceptors (Lipinski definition) is 4. The summed E-state index contributed by atoms with van der Waals surface area (Å²) in [6.07, 6.45) is 0.673.